The summed E-state index contributed by atoms with van der Waals surface area (Å²) < 4.78 is 1.98. The number of phenolic OH excluding ortho intramolecular Hbond substituents is 1. The first-order valence-corrected chi connectivity index (χ1v) is 11.3. The minimum atomic E-state index is -0.228. The Morgan fingerprint density at radius 1 is 1.00 bits per heavy atom. The van der Waals surface area contributed by atoms with Crippen LogP contribution < -0.4 is 11.1 Å². The summed E-state index contributed by atoms with van der Waals surface area (Å²) >= 11 is 0. The Hall–Kier alpha value is -4.98. The van der Waals surface area contributed by atoms with Gasteiger partial charge in [-0.25, -0.2) is 9.97 Å². The van der Waals surface area contributed by atoms with Gasteiger partial charge in [-0.05, 0) is 42.8 Å². The number of aromatic hydroxyl groups is 1. The minimum Gasteiger partial charge on any atom is -0.508 e. The van der Waals surface area contributed by atoms with Gasteiger partial charge in [-0.3, -0.25) is 9.78 Å². The van der Waals surface area contributed by atoms with E-state index in [1.54, 1.807) is 31.3 Å². The summed E-state index contributed by atoms with van der Waals surface area (Å²) in [6.45, 7) is 5.34. The van der Waals surface area contributed by atoms with E-state index in [9.17, 15) is 9.90 Å². The summed E-state index contributed by atoms with van der Waals surface area (Å²) in [5, 5.41) is 13.4. The van der Waals surface area contributed by atoms with E-state index in [0.29, 0.717) is 22.7 Å². The van der Waals surface area contributed by atoms with Crippen molar-refractivity contribution in [1.29, 1.82) is 0 Å². The number of anilines is 2. The molecule has 0 radical (unpaired) electrons. The molecule has 0 spiro atoms. The minimum absolute atomic E-state index is 0.183. The Kier molecular flexibility index (Phi) is 5.69. The number of hydrogen-bond donors (Lipinski definition) is 3. The van der Waals surface area contributed by atoms with Gasteiger partial charge in [0, 0.05) is 41.2 Å². The molecule has 3 heterocycles. The van der Waals surface area contributed by atoms with Crippen LogP contribution in [0.25, 0.3) is 44.7 Å². The Morgan fingerprint density at radius 2 is 1.75 bits per heavy atom. The van der Waals surface area contributed by atoms with Crippen molar-refractivity contribution in [2.45, 2.75) is 6.92 Å². The van der Waals surface area contributed by atoms with Crippen LogP contribution in [0.2, 0.25) is 0 Å². The molecule has 3 aromatic heterocycles. The van der Waals surface area contributed by atoms with Gasteiger partial charge in [0.2, 0.25) is 0 Å². The third kappa shape index (κ3) is 4.05. The molecule has 0 bridgehead atoms. The van der Waals surface area contributed by atoms with E-state index >= 15 is 0 Å². The van der Waals surface area contributed by atoms with Gasteiger partial charge in [0.15, 0.2) is 0 Å². The van der Waals surface area contributed by atoms with E-state index in [2.05, 4.69) is 26.8 Å². The van der Waals surface area contributed by atoms with Crippen molar-refractivity contribution in [2.75, 3.05) is 11.1 Å². The van der Waals surface area contributed by atoms with Crippen LogP contribution in [0.5, 0.6) is 5.75 Å². The SMILES string of the molecule is C=C(C)C(=O)Nc1ccc(-c2c(-c3ccc(-c4cccc(O)c4)nc3)c3c(N)ncnc3n2C)cc1. The van der Waals surface area contributed by atoms with E-state index < -0.39 is 0 Å². The number of nitrogen functional groups attached to an aromatic ring is 1. The number of nitrogens with zero attached hydrogens (tertiary/aromatic N) is 4. The maximum Gasteiger partial charge on any atom is 0.250 e. The standard InChI is InChI=1S/C28H24N6O2/c1-16(2)28(36)33-20-10-7-17(8-11-20)25-23(24-26(29)31-15-32-27(24)34(25)3)19-9-12-22(30-14-19)18-5-4-6-21(35)13-18/h4-15,35H,1H2,2-3H3,(H,33,36)(H2,29,31,32). The number of aromatic nitrogens is 4. The molecule has 36 heavy (non-hydrogen) atoms. The van der Waals surface area contributed by atoms with Gasteiger partial charge in [0.25, 0.3) is 5.91 Å². The smallest absolute Gasteiger partial charge is 0.250 e. The highest BCUT2D eigenvalue weighted by Crippen LogP contribution is 2.41. The molecule has 8 heteroatoms. The molecule has 0 aliphatic rings. The van der Waals surface area contributed by atoms with Crippen molar-refractivity contribution in [3.8, 4) is 39.4 Å². The Balaban J connectivity index is 1.64. The fourth-order valence-corrected chi connectivity index (χ4v) is 4.22. The lowest BCUT2D eigenvalue weighted by atomic mass is 9.99. The lowest BCUT2D eigenvalue weighted by Gasteiger charge is -2.11. The molecule has 0 fully saturated rings. The number of carbonyl (C=O) groups excluding carboxylic acids is 1. The van der Waals surface area contributed by atoms with Crippen LogP contribution in [0.4, 0.5) is 11.5 Å². The summed E-state index contributed by atoms with van der Waals surface area (Å²) in [6, 6.07) is 18.4. The van der Waals surface area contributed by atoms with Crippen LogP contribution in [-0.4, -0.2) is 30.5 Å². The van der Waals surface area contributed by atoms with Crippen molar-refractivity contribution in [3.63, 3.8) is 0 Å². The third-order valence-electron chi connectivity index (χ3n) is 5.99. The normalized spacial score (nSPS) is 10.9. The first-order valence-electron chi connectivity index (χ1n) is 11.3. The van der Waals surface area contributed by atoms with Crippen LogP contribution >= 0.6 is 0 Å². The summed E-state index contributed by atoms with van der Waals surface area (Å²) in [6.07, 6.45) is 3.23. The van der Waals surface area contributed by atoms with Crippen LogP contribution in [0.3, 0.4) is 0 Å². The Labute approximate surface area is 207 Å². The summed E-state index contributed by atoms with van der Waals surface area (Å²) in [5.74, 6) is 0.329. The molecule has 0 saturated carbocycles. The lowest BCUT2D eigenvalue weighted by molar-refractivity contribution is -0.112. The summed E-state index contributed by atoms with van der Waals surface area (Å²) in [4.78, 5) is 25.4. The number of nitrogens with two attached hydrogens (primary N) is 1. The zero-order chi connectivity index (χ0) is 25.4. The monoisotopic (exact) mass is 476 g/mol. The zero-order valence-corrected chi connectivity index (χ0v) is 19.9. The second-order valence-corrected chi connectivity index (χ2v) is 8.53. The number of carbonyl (C=O) groups is 1. The molecule has 178 valence electrons. The maximum atomic E-state index is 12.0. The molecule has 4 N–H and O–H groups in total. The number of rotatable bonds is 5. The topological polar surface area (TPSA) is 119 Å². The first kappa shape index (κ1) is 22.8. The maximum absolute atomic E-state index is 12.0. The van der Waals surface area contributed by atoms with E-state index in [1.807, 2.05) is 54.1 Å². The van der Waals surface area contributed by atoms with Gasteiger partial charge in [-0.15, -0.1) is 0 Å². The Morgan fingerprint density at radius 3 is 2.42 bits per heavy atom. The molecule has 0 aliphatic heterocycles. The largest absolute Gasteiger partial charge is 0.508 e. The zero-order valence-electron chi connectivity index (χ0n) is 19.9. The number of benzene rings is 2. The molecule has 2 aromatic carbocycles. The molecule has 1 amide bonds. The molecule has 0 atom stereocenters. The second-order valence-electron chi connectivity index (χ2n) is 8.53. The van der Waals surface area contributed by atoms with Crippen LogP contribution in [0.1, 0.15) is 6.92 Å². The molecule has 0 saturated heterocycles. The predicted molar refractivity (Wildman–Crippen MR) is 142 cm³/mol. The highest BCUT2D eigenvalue weighted by atomic mass is 16.3. The second kappa shape index (κ2) is 8.99. The van der Waals surface area contributed by atoms with E-state index in [-0.39, 0.29) is 11.7 Å². The average Bonchev–Trinajstić information content (AvgIpc) is 3.18. The summed E-state index contributed by atoms with van der Waals surface area (Å²) in [7, 11) is 1.93. The number of phenols is 1. The molecule has 0 aliphatic carbocycles. The van der Waals surface area contributed by atoms with Crippen molar-refractivity contribution in [2.24, 2.45) is 7.05 Å². The van der Waals surface area contributed by atoms with Crippen LogP contribution in [0.15, 0.2) is 85.3 Å². The van der Waals surface area contributed by atoms with Gasteiger partial charge in [-0.1, -0.05) is 36.9 Å². The molecule has 0 unspecified atom stereocenters. The average molecular weight is 477 g/mol. The molecule has 8 nitrogen and oxygen atoms in total. The first-order chi connectivity index (χ1) is 17.3. The lowest BCUT2D eigenvalue weighted by Crippen LogP contribution is -2.11. The summed E-state index contributed by atoms with van der Waals surface area (Å²) in [5.41, 5.74) is 13.2. The van der Waals surface area contributed by atoms with Gasteiger partial charge >= 0.3 is 0 Å². The molecule has 5 aromatic rings. The highest BCUT2D eigenvalue weighted by Gasteiger charge is 2.22. The van der Waals surface area contributed by atoms with Gasteiger partial charge in [0.1, 0.15) is 23.5 Å². The van der Waals surface area contributed by atoms with Crippen molar-refractivity contribution >= 4 is 28.4 Å². The Bertz CT molecular complexity index is 1620. The van der Waals surface area contributed by atoms with E-state index in [4.69, 9.17) is 5.73 Å². The van der Waals surface area contributed by atoms with Crippen molar-refractivity contribution < 1.29 is 9.90 Å². The van der Waals surface area contributed by atoms with E-state index in [1.165, 1.54) is 6.33 Å². The number of fused-ring (bicyclic) bond motifs is 1. The third-order valence-corrected chi connectivity index (χ3v) is 5.99. The number of aryl methyl sites for hydroxylation is 1. The van der Waals surface area contributed by atoms with Gasteiger partial charge in [-0.2, -0.15) is 0 Å². The van der Waals surface area contributed by atoms with Gasteiger partial charge < -0.3 is 20.7 Å². The number of pyridine rings is 1. The fourth-order valence-electron chi connectivity index (χ4n) is 4.22. The van der Waals surface area contributed by atoms with Crippen molar-refractivity contribution in [1.82, 2.24) is 19.5 Å². The molecular weight excluding hydrogens is 452 g/mol. The number of nitrogens with one attached hydrogen (secondary N) is 1. The molecular formula is C28H24N6O2. The quantitative estimate of drug-likeness (QED) is 0.301. The fraction of sp³-hybridized carbons (Fsp3) is 0.0714. The van der Waals surface area contributed by atoms with Crippen LogP contribution in [-0.2, 0) is 11.8 Å². The highest BCUT2D eigenvalue weighted by molar-refractivity contribution is 6.08. The predicted octanol–water partition coefficient (Wildman–Crippen LogP) is 5.17. The number of hydrogen-bond acceptors (Lipinski definition) is 6. The molecule has 5 rings (SSSR count). The van der Waals surface area contributed by atoms with E-state index in [0.717, 1.165) is 39.0 Å². The number of amides is 1. The van der Waals surface area contributed by atoms with Crippen molar-refractivity contribution in [3.05, 3.63) is 85.3 Å². The van der Waals surface area contributed by atoms with Crippen LogP contribution in [0, 0.1) is 0 Å². The van der Waals surface area contributed by atoms with Gasteiger partial charge in [0.05, 0.1) is 16.8 Å².